The van der Waals surface area contributed by atoms with Gasteiger partial charge in [0.05, 0.1) is 37.3 Å². The summed E-state index contributed by atoms with van der Waals surface area (Å²) in [5.41, 5.74) is 2.49. The molecule has 0 heterocycles. The Morgan fingerprint density at radius 3 is 2.47 bits per heavy atom. The van der Waals surface area contributed by atoms with Gasteiger partial charge in [-0.25, -0.2) is 13.8 Å². The number of amides is 1. The first-order chi connectivity index (χ1) is 14.2. The van der Waals surface area contributed by atoms with Crippen LogP contribution in [0.1, 0.15) is 5.56 Å². The maximum atomic E-state index is 12.2. The molecule has 2 aromatic carbocycles. The van der Waals surface area contributed by atoms with Crippen molar-refractivity contribution in [3.63, 3.8) is 0 Å². The number of sulfonamides is 1. The van der Waals surface area contributed by atoms with Crippen molar-refractivity contribution in [3.05, 3.63) is 58.1 Å². The molecule has 0 bridgehead atoms. The number of methoxy groups -OCH3 is 2. The molecule has 2 aromatic rings. The molecule has 0 aliphatic rings. The van der Waals surface area contributed by atoms with E-state index in [4.69, 9.17) is 9.47 Å². The van der Waals surface area contributed by atoms with Crippen LogP contribution in [0.25, 0.3) is 0 Å². The second-order valence-corrected chi connectivity index (χ2v) is 7.83. The topological polar surface area (TPSA) is 140 Å². The lowest BCUT2D eigenvalue weighted by Gasteiger charge is -2.23. The molecule has 0 radical (unpaired) electrons. The van der Waals surface area contributed by atoms with Gasteiger partial charge in [0.1, 0.15) is 12.3 Å². The first-order valence-electron chi connectivity index (χ1n) is 8.42. The van der Waals surface area contributed by atoms with Crippen molar-refractivity contribution in [2.75, 3.05) is 31.3 Å². The standard InChI is InChI=1S/C18H20N4O7S/c1-28-16-7-5-4-6-14(16)21(30(3,26)27)12-18(23)20-19-11-13-8-9-17(29-2)15(10-13)22(24)25/h4-11H,12H2,1-3H3,(H,20,23)/b19-11-. The minimum Gasteiger partial charge on any atom is -0.495 e. The van der Waals surface area contributed by atoms with Gasteiger partial charge in [-0.2, -0.15) is 5.10 Å². The second-order valence-electron chi connectivity index (χ2n) is 5.92. The predicted molar refractivity (Wildman–Crippen MR) is 111 cm³/mol. The van der Waals surface area contributed by atoms with E-state index in [1.165, 1.54) is 44.7 Å². The van der Waals surface area contributed by atoms with Crippen LogP contribution in [0.15, 0.2) is 47.6 Å². The van der Waals surface area contributed by atoms with E-state index in [0.29, 0.717) is 5.56 Å². The minimum absolute atomic E-state index is 0.0850. The molecule has 0 fully saturated rings. The van der Waals surface area contributed by atoms with Gasteiger partial charge in [0, 0.05) is 11.6 Å². The Balaban J connectivity index is 2.15. The SMILES string of the molecule is COc1ccccc1N(CC(=O)N/N=C\c1ccc(OC)c([N+](=O)[O-])c1)S(C)(=O)=O. The van der Waals surface area contributed by atoms with Crippen LogP contribution in [-0.4, -0.2) is 52.5 Å². The molecule has 0 aliphatic carbocycles. The lowest BCUT2D eigenvalue weighted by atomic mass is 10.2. The number of carbonyl (C=O) groups excluding carboxylic acids is 1. The van der Waals surface area contributed by atoms with E-state index in [2.05, 4.69) is 10.5 Å². The van der Waals surface area contributed by atoms with E-state index in [1.54, 1.807) is 18.2 Å². The van der Waals surface area contributed by atoms with Gasteiger partial charge >= 0.3 is 5.69 Å². The quantitative estimate of drug-likeness (QED) is 0.357. The zero-order valence-corrected chi connectivity index (χ0v) is 17.3. The summed E-state index contributed by atoms with van der Waals surface area (Å²) in [6, 6.07) is 10.5. The van der Waals surface area contributed by atoms with Gasteiger partial charge in [-0.3, -0.25) is 19.2 Å². The highest BCUT2D eigenvalue weighted by molar-refractivity contribution is 7.92. The molecular formula is C18H20N4O7S. The van der Waals surface area contributed by atoms with Crippen LogP contribution in [0.4, 0.5) is 11.4 Å². The van der Waals surface area contributed by atoms with Crippen LogP contribution in [-0.2, 0) is 14.8 Å². The van der Waals surface area contributed by atoms with E-state index in [0.717, 1.165) is 10.6 Å². The predicted octanol–water partition coefficient (Wildman–Crippen LogP) is 1.53. The first-order valence-corrected chi connectivity index (χ1v) is 10.3. The Morgan fingerprint density at radius 2 is 1.87 bits per heavy atom. The number of anilines is 1. The molecule has 2 rings (SSSR count). The van der Waals surface area contributed by atoms with E-state index in [-0.39, 0.29) is 22.9 Å². The molecular weight excluding hydrogens is 416 g/mol. The number of para-hydroxylation sites is 2. The number of rotatable bonds is 9. The number of nitro groups is 1. The molecule has 1 amide bonds. The minimum atomic E-state index is -3.79. The molecule has 0 saturated carbocycles. The summed E-state index contributed by atoms with van der Waals surface area (Å²) < 4.78 is 35.3. The van der Waals surface area contributed by atoms with Crippen LogP contribution in [0.5, 0.6) is 11.5 Å². The van der Waals surface area contributed by atoms with Crippen molar-refractivity contribution in [2.45, 2.75) is 0 Å². The number of benzene rings is 2. The van der Waals surface area contributed by atoms with Crippen LogP contribution in [0.3, 0.4) is 0 Å². The van der Waals surface area contributed by atoms with Gasteiger partial charge in [-0.15, -0.1) is 0 Å². The van der Waals surface area contributed by atoms with Crippen LogP contribution in [0, 0.1) is 10.1 Å². The summed E-state index contributed by atoms with van der Waals surface area (Å²) in [5, 5.41) is 14.8. The molecule has 0 aliphatic heterocycles. The highest BCUT2D eigenvalue weighted by Gasteiger charge is 2.23. The highest BCUT2D eigenvalue weighted by atomic mass is 32.2. The van der Waals surface area contributed by atoms with Crippen molar-refractivity contribution in [1.29, 1.82) is 0 Å². The molecule has 12 heteroatoms. The monoisotopic (exact) mass is 436 g/mol. The normalized spacial score (nSPS) is 11.2. The van der Waals surface area contributed by atoms with Crippen LogP contribution in [0.2, 0.25) is 0 Å². The average Bonchev–Trinajstić information content (AvgIpc) is 2.71. The number of nitro benzene ring substituents is 1. The van der Waals surface area contributed by atoms with Gasteiger partial charge in [-0.1, -0.05) is 12.1 Å². The van der Waals surface area contributed by atoms with Crippen molar-refractivity contribution < 1.29 is 27.6 Å². The molecule has 30 heavy (non-hydrogen) atoms. The van der Waals surface area contributed by atoms with Crippen LogP contribution >= 0.6 is 0 Å². The third kappa shape index (κ3) is 5.67. The number of hydrazone groups is 1. The summed E-state index contributed by atoms with van der Waals surface area (Å²) in [6.07, 6.45) is 2.16. The Kier molecular flexibility index (Phi) is 7.31. The largest absolute Gasteiger partial charge is 0.495 e. The fraction of sp³-hybridized carbons (Fsp3) is 0.222. The maximum Gasteiger partial charge on any atom is 0.311 e. The van der Waals surface area contributed by atoms with Gasteiger partial charge in [0.2, 0.25) is 10.0 Å². The van der Waals surface area contributed by atoms with Crippen LogP contribution < -0.4 is 19.2 Å². The number of ether oxygens (including phenoxy) is 2. The van der Waals surface area contributed by atoms with Crippen molar-refractivity contribution in [3.8, 4) is 11.5 Å². The number of nitrogens with zero attached hydrogens (tertiary/aromatic N) is 3. The Morgan fingerprint density at radius 1 is 1.20 bits per heavy atom. The van der Waals surface area contributed by atoms with Crippen molar-refractivity contribution in [1.82, 2.24) is 5.43 Å². The van der Waals surface area contributed by atoms with E-state index < -0.39 is 27.4 Å². The summed E-state index contributed by atoms with van der Waals surface area (Å²) in [5.74, 6) is -0.350. The molecule has 1 N–H and O–H groups in total. The fourth-order valence-electron chi connectivity index (χ4n) is 2.49. The summed E-state index contributed by atoms with van der Waals surface area (Å²) in [4.78, 5) is 22.7. The lowest BCUT2D eigenvalue weighted by Crippen LogP contribution is -2.39. The third-order valence-corrected chi connectivity index (χ3v) is 4.97. The smallest absolute Gasteiger partial charge is 0.311 e. The van der Waals surface area contributed by atoms with Gasteiger partial charge < -0.3 is 9.47 Å². The molecule has 11 nitrogen and oxygen atoms in total. The molecule has 0 unspecified atom stereocenters. The third-order valence-electron chi connectivity index (χ3n) is 3.84. The average molecular weight is 436 g/mol. The zero-order chi connectivity index (χ0) is 22.3. The number of hydrogen-bond acceptors (Lipinski definition) is 8. The first kappa shape index (κ1) is 22.6. The van der Waals surface area contributed by atoms with E-state index >= 15 is 0 Å². The Hall–Kier alpha value is -3.67. The Bertz CT molecular complexity index is 1070. The summed E-state index contributed by atoms with van der Waals surface area (Å²) in [6.45, 7) is -0.542. The highest BCUT2D eigenvalue weighted by Crippen LogP contribution is 2.29. The zero-order valence-electron chi connectivity index (χ0n) is 16.4. The fourth-order valence-corrected chi connectivity index (χ4v) is 3.35. The van der Waals surface area contributed by atoms with Gasteiger partial charge in [-0.05, 0) is 24.3 Å². The van der Waals surface area contributed by atoms with E-state index in [9.17, 15) is 23.3 Å². The van der Waals surface area contributed by atoms with Gasteiger partial charge in [0.25, 0.3) is 5.91 Å². The molecule has 160 valence electrons. The van der Waals surface area contributed by atoms with Crippen molar-refractivity contribution >= 4 is 33.5 Å². The summed E-state index contributed by atoms with van der Waals surface area (Å²) in [7, 11) is -1.10. The molecule has 0 saturated heterocycles. The maximum absolute atomic E-state index is 12.2. The van der Waals surface area contributed by atoms with E-state index in [1.807, 2.05) is 0 Å². The Labute approximate surface area is 173 Å². The number of carbonyl (C=O) groups is 1. The van der Waals surface area contributed by atoms with Crippen molar-refractivity contribution in [2.24, 2.45) is 5.10 Å². The van der Waals surface area contributed by atoms with Gasteiger partial charge in [0.15, 0.2) is 5.75 Å². The number of hydrogen-bond donors (Lipinski definition) is 1. The second kappa shape index (κ2) is 9.69. The molecule has 0 aromatic heterocycles. The summed E-state index contributed by atoms with van der Waals surface area (Å²) >= 11 is 0. The molecule has 0 spiro atoms. The number of nitrogens with one attached hydrogen (secondary N) is 1. The lowest BCUT2D eigenvalue weighted by molar-refractivity contribution is -0.385. The molecule has 0 atom stereocenters.